The Labute approximate surface area is 158 Å². The normalized spacial score (nSPS) is 10.1. The SMILES string of the molecule is COc1ccc(OCCCC(=O)OCc2cccc(OCC(N)=O)c2)cc1. The number of carbonyl (C=O) groups excluding carboxylic acids is 2. The summed E-state index contributed by atoms with van der Waals surface area (Å²) in [4.78, 5) is 22.6. The molecule has 0 spiro atoms. The number of rotatable bonds is 11. The fourth-order valence-electron chi connectivity index (χ4n) is 2.19. The van der Waals surface area contributed by atoms with Crippen molar-refractivity contribution in [3.8, 4) is 17.2 Å². The summed E-state index contributed by atoms with van der Waals surface area (Å²) in [6.07, 6.45) is 0.806. The number of methoxy groups -OCH3 is 1. The van der Waals surface area contributed by atoms with E-state index in [0.29, 0.717) is 18.8 Å². The van der Waals surface area contributed by atoms with Crippen molar-refractivity contribution in [2.45, 2.75) is 19.4 Å². The maximum Gasteiger partial charge on any atom is 0.306 e. The Bertz CT molecular complexity index is 744. The zero-order chi connectivity index (χ0) is 19.5. The van der Waals surface area contributed by atoms with Gasteiger partial charge in [0.1, 0.15) is 23.9 Å². The third-order valence-electron chi connectivity index (χ3n) is 3.53. The van der Waals surface area contributed by atoms with Crippen LogP contribution in [0.15, 0.2) is 48.5 Å². The van der Waals surface area contributed by atoms with Gasteiger partial charge in [0.15, 0.2) is 6.61 Å². The van der Waals surface area contributed by atoms with Crippen molar-refractivity contribution in [2.24, 2.45) is 5.73 Å². The van der Waals surface area contributed by atoms with Gasteiger partial charge in [0.05, 0.1) is 13.7 Å². The first-order chi connectivity index (χ1) is 13.1. The van der Waals surface area contributed by atoms with Gasteiger partial charge in [-0.2, -0.15) is 0 Å². The molecule has 0 saturated carbocycles. The second kappa shape index (κ2) is 10.7. The van der Waals surface area contributed by atoms with Crippen molar-refractivity contribution in [2.75, 3.05) is 20.3 Å². The topological polar surface area (TPSA) is 97.1 Å². The molecular formula is C20H23NO6. The predicted molar refractivity (Wildman–Crippen MR) is 98.7 cm³/mol. The Morgan fingerprint density at radius 3 is 2.41 bits per heavy atom. The summed E-state index contributed by atoms with van der Waals surface area (Å²) < 4.78 is 21.1. The Morgan fingerprint density at radius 1 is 0.963 bits per heavy atom. The number of ether oxygens (including phenoxy) is 4. The van der Waals surface area contributed by atoms with Crippen LogP contribution in [0, 0.1) is 0 Å². The van der Waals surface area contributed by atoms with E-state index in [0.717, 1.165) is 17.1 Å². The highest BCUT2D eigenvalue weighted by atomic mass is 16.5. The second-order valence-electron chi connectivity index (χ2n) is 5.69. The summed E-state index contributed by atoms with van der Waals surface area (Å²) in [5.41, 5.74) is 5.80. The first kappa shape index (κ1) is 20.1. The van der Waals surface area contributed by atoms with Gasteiger partial charge in [-0.05, 0) is 48.4 Å². The van der Waals surface area contributed by atoms with Gasteiger partial charge in [-0.25, -0.2) is 0 Å². The van der Waals surface area contributed by atoms with Gasteiger partial charge in [-0.1, -0.05) is 12.1 Å². The molecule has 0 atom stereocenters. The molecule has 0 radical (unpaired) electrons. The van der Waals surface area contributed by atoms with E-state index in [1.165, 1.54) is 0 Å². The van der Waals surface area contributed by atoms with E-state index < -0.39 is 5.91 Å². The molecule has 7 nitrogen and oxygen atoms in total. The molecule has 27 heavy (non-hydrogen) atoms. The van der Waals surface area contributed by atoms with Gasteiger partial charge >= 0.3 is 5.97 Å². The molecule has 144 valence electrons. The van der Waals surface area contributed by atoms with Gasteiger partial charge in [-0.15, -0.1) is 0 Å². The minimum Gasteiger partial charge on any atom is -0.497 e. The average molecular weight is 373 g/mol. The second-order valence-corrected chi connectivity index (χ2v) is 5.69. The van der Waals surface area contributed by atoms with E-state index >= 15 is 0 Å². The smallest absolute Gasteiger partial charge is 0.306 e. The quantitative estimate of drug-likeness (QED) is 0.480. The highest BCUT2D eigenvalue weighted by Gasteiger charge is 2.05. The van der Waals surface area contributed by atoms with Gasteiger partial charge < -0.3 is 24.7 Å². The van der Waals surface area contributed by atoms with Gasteiger partial charge in [0, 0.05) is 6.42 Å². The number of hydrogen-bond donors (Lipinski definition) is 1. The van der Waals surface area contributed by atoms with Crippen molar-refractivity contribution in [3.63, 3.8) is 0 Å². The van der Waals surface area contributed by atoms with Crippen molar-refractivity contribution in [1.82, 2.24) is 0 Å². The molecule has 0 aliphatic carbocycles. The molecule has 1 amide bonds. The molecular weight excluding hydrogens is 350 g/mol. The third kappa shape index (κ3) is 7.68. The molecule has 0 aliphatic rings. The van der Waals surface area contributed by atoms with Crippen molar-refractivity contribution < 1.29 is 28.5 Å². The van der Waals surface area contributed by atoms with Crippen LogP contribution < -0.4 is 19.9 Å². The summed E-state index contributed by atoms with van der Waals surface area (Å²) in [6.45, 7) is 0.348. The van der Waals surface area contributed by atoms with Crippen LogP contribution in [0.4, 0.5) is 0 Å². The van der Waals surface area contributed by atoms with Crippen molar-refractivity contribution in [3.05, 3.63) is 54.1 Å². The molecule has 2 aromatic rings. The fourth-order valence-corrected chi connectivity index (χ4v) is 2.19. The Morgan fingerprint density at radius 2 is 1.70 bits per heavy atom. The molecule has 2 aromatic carbocycles. The fraction of sp³-hybridized carbons (Fsp3) is 0.300. The van der Waals surface area contributed by atoms with E-state index in [4.69, 9.17) is 24.7 Å². The molecule has 7 heteroatoms. The van der Waals surface area contributed by atoms with E-state index in [1.807, 2.05) is 24.3 Å². The predicted octanol–water partition coefficient (Wildman–Crippen LogP) is 2.46. The highest BCUT2D eigenvalue weighted by Crippen LogP contribution is 2.17. The number of benzene rings is 2. The van der Waals surface area contributed by atoms with Crippen LogP contribution >= 0.6 is 0 Å². The molecule has 0 aliphatic heterocycles. The van der Waals surface area contributed by atoms with Crippen LogP contribution in [-0.4, -0.2) is 32.2 Å². The van der Waals surface area contributed by atoms with Crippen molar-refractivity contribution >= 4 is 11.9 Å². The standard InChI is InChI=1S/C20H23NO6/c1-24-16-7-9-17(10-8-16)25-11-3-6-20(23)27-13-15-4-2-5-18(12-15)26-14-19(21)22/h2,4-5,7-10,12H,3,6,11,13-14H2,1H3,(H2,21,22). The zero-order valence-electron chi connectivity index (χ0n) is 15.2. The Balaban J connectivity index is 1.65. The van der Waals surface area contributed by atoms with Gasteiger partial charge in [0.2, 0.25) is 0 Å². The summed E-state index contributed by atoms with van der Waals surface area (Å²) in [7, 11) is 1.60. The van der Waals surface area contributed by atoms with E-state index in [-0.39, 0.29) is 25.6 Å². The summed E-state index contributed by atoms with van der Waals surface area (Å²) >= 11 is 0. The number of amides is 1. The maximum absolute atomic E-state index is 11.8. The van der Waals surface area contributed by atoms with Crippen LogP contribution in [0.1, 0.15) is 18.4 Å². The minimum atomic E-state index is -0.552. The summed E-state index contributed by atoms with van der Waals surface area (Å²) in [5.74, 6) is 1.11. The highest BCUT2D eigenvalue weighted by molar-refractivity contribution is 5.75. The molecule has 0 bridgehead atoms. The number of esters is 1. The largest absolute Gasteiger partial charge is 0.497 e. The van der Waals surface area contributed by atoms with E-state index in [9.17, 15) is 9.59 Å². The van der Waals surface area contributed by atoms with Crippen LogP contribution in [0.3, 0.4) is 0 Å². The molecule has 2 N–H and O–H groups in total. The minimum absolute atomic E-state index is 0.131. The number of hydrogen-bond acceptors (Lipinski definition) is 6. The Kier molecular flexibility index (Phi) is 7.96. The lowest BCUT2D eigenvalue weighted by Crippen LogP contribution is -2.20. The lowest BCUT2D eigenvalue weighted by Gasteiger charge is -2.09. The lowest BCUT2D eigenvalue weighted by atomic mass is 10.2. The van der Waals surface area contributed by atoms with Gasteiger partial charge in [0.25, 0.3) is 5.91 Å². The average Bonchev–Trinajstić information content (AvgIpc) is 2.69. The third-order valence-corrected chi connectivity index (χ3v) is 3.53. The molecule has 0 aromatic heterocycles. The van der Waals surface area contributed by atoms with E-state index in [2.05, 4.69) is 0 Å². The Hall–Kier alpha value is -3.22. The monoisotopic (exact) mass is 373 g/mol. The molecule has 0 fully saturated rings. The molecule has 0 unspecified atom stereocenters. The first-order valence-corrected chi connectivity index (χ1v) is 8.49. The molecule has 0 saturated heterocycles. The zero-order valence-corrected chi connectivity index (χ0v) is 15.2. The lowest BCUT2D eigenvalue weighted by molar-refractivity contribution is -0.145. The van der Waals surface area contributed by atoms with Crippen LogP contribution in [-0.2, 0) is 20.9 Å². The maximum atomic E-state index is 11.8. The first-order valence-electron chi connectivity index (χ1n) is 8.49. The summed E-state index contributed by atoms with van der Waals surface area (Å²) in [6, 6.07) is 14.2. The van der Waals surface area contributed by atoms with E-state index in [1.54, 1.807) is 31.4 Å². The number of nitrogens with two attached hydrogens (primary N) is 1. The van der Waals surface area contributed by atoms with Crippen LogP contribution in [0.2, 0.25) is 0 Å². The number of primary amides is 1. The van der Waals surface area contributed by atoms with Crippen LogP contribution in [0.25, 0.3) is 0 Å². The molecule has 2 rings (SSSR count). The summed E-state index contributed by atoms with van der Waals surface area (Å²) in [5, 5.41) is 0. The molecule has 0 heterocycles. The van der Waals surface area contributed by atoms with Crippen LogP contribution in [0.5, 0.6) is 17.2 Å². The number of carbonyl (C=O) groups is 2. The van der Waals surface area contributed by atoms with Gasteiger partial charge in [-0.3, -0.25) is 9.59 Å². The van der Waals surface area contributed by atoms with Crippen molar-refractivity contribution in [1.29, 1.82) is 0 Å².